The van der Waals surface area contributed by atoms with E-state index >= 15 is 0 Å². The largest absolute Gasteiger partial charge is 0.481 e. The number of carboxylic acid groups (broad SMARTS) is 1. The number of carbonyl (C=O) groups is 2. The van der Waals surface area contributed by atoms with Crippen LogP contribution < -0.4 is 5.73 Å². The molecule has 1 fully saturated rings. The molecular weight excluding hydrogens is 230 g/mol. The summed E-state index contributed by atoms with van der Waals surface area (Å²) in [5, 5.41) is 10.5. The number of nitrogens with zero attached hydrogens (tertiary/aromatic N) is 2. The van der Waals surface area contributed by atoms with Crippen molar-refractivity contribution in [3.63, 3.8) is 0 Å². The molecule has 2 rings (SSSR count). The molecule has 2 heterocycles. The number of nitrogen functional groups attached to an aromatic ring is 1. The van der Waals surface area contributed by atoms with Gasteiger partial charge in [0.15, 0.2) is 5.13 Å². The molecule has 1 saturated heterocycles. The van der Waals surface area contributed by atoms with Gasteiger partial charge in [0.05, 0.1) is 6.42 Å². The fraction of sp³-hybridized carbons (Fsp3) is 0.444. The van der Waals surface area contributed by atoms with E-state index in [1.165, 1.54) is 11.3 Å². The second-order valence-corrected chi connectivity index (χ2v) is 4.63. The van der Waals surface area contributed by atoms with Crippen LogP contribution in [0.3, 0.4) is 0 Å². The van der Waals surface area contributed by atoms with Crippen molar-refractivity contribution in [1.29, 1.82) is 0 Å². The quantitative estimate of drug-likeness (QED) is 0.791. The highest BCUT2D eigenvalue weighted by Gasteiger charge is 2.33. The lowest BCUT2D eigenvalue weighted by molar-refractivity contribution is -0.139. The first-order valence-corrected chi connectivity index (χ1v) is 5.66. The standard InChI is InChI=1S/C9H11N3O3S/c10-9-11-6(4-16-9)8(15)12-2-5(3-12)1-7(13)14/h4-5H,1-3H2,(H2,10,11)(H,13,14). The van der Waals surface area contributed by atoms with Crippen molar-refractivity contribution in [2.45, 2.75) is 6.42 Å². The minimum Gasteiger partial charge on any atom is -0.481 e. The van der Waals surface area contributed by atoms with E-state index in [0.717, 1.165) is 0 Å². The molecule has 86 valence electrons. The van der Waals surface area contributed by atoms with Crippen molar-refractivity contribution in [3.8, 4) is 0 Å². The van der Waals surface area contributed by atoms with Gasteiger partial charge in [-0.1, -0.05) is 0 Å². The molecular formula is C9H11N3O3S. The van der Waals surface area contributed by atoms with Gasteiger partial charge in [0.1, 0.15) is 5.69 Å². The minimum absolute atomic E-state index is 0.0671. The van der Waals surface area contributed by atoms with Gasteiger partial charge in [-0.3, -0.25) is 9.59 Å². The van der Waals surface area contributed by atoms with E-state index < -0.39 is 5.97 Å². The van der Waals surface area contributed by atoms with Crippen LogP contribution in [0.25, 0.3) is 0 Å². The number of aliphatic carboxylic acids is 1. The fourth-order valence-corrected chi connectivity index (χ4v) is 2.20. The molecule has 0 aliphatic carbocycles. The molecule has 1 aliphatic heterocycles. The van der Waals surface area contributed by atoms with Crippen molar-refractivity contribution in [1.82, 2.24) is 9.88 Å². The lowest BCUT2D eigenvalue weighted by atomic mass is 9.96. The highest BCUT2D eigenvalue weighted by Crippen LogP contribution is 2.22. The van der Waals surface area contributed by atoms with Gasteiger partial charge in [-0.15, -0.1) is 11.3 Å². The first-order chi connectivity index (χ1) is 7.56. The molecule has 0 radical (unpaired) electrons. The molecule has 6 nitrogen and oxygen atoms in total. The van der Waals surface area contributed by atoms with Crippen LogP contribution in [-0.2, 0) is 4.79 Å². The third-order valence-corrected chi connectivity index (χ3v) is 3.12. The zero-order valence-electron chi connectivity index (χ0n) is 8.42. The lowest BCUT2D eigenvalue weighted by Gasteiger charge is -2.38. The van der Waals surface area contributed by atoms with Crippen molar-refractivity contribution >= 4 is 28.3 Å². The molecule has 0 saturated carbocycles. The molecule has 1 aromatic heterocycles. The summed E-state index contributed by atoms with van der Waals surface area (Å²) in [6.45, 7) is 0.977. The maximum atomic E-state index is 11.7. The monoisotopic (exact) mass is 241 g/mol. The Bertz CT molecular complexity index is 425. The maximum Gasteiger partial charge on any atom is 0.303 e. The molecule has 16 heavy (non-hydrogen) atoms. The normalized spacial score (nSPS) is 15.9. The fourth-order valence-electron chi connectivity index (χ4n) is 1.66. The molecule has 0 aromatic carbocycles. The Labute approximate surface area is 95.7 Å². The van der Waals surface area contributed by atoms with Crippen LogP contribution in [0.1, 0.15) is 16.9 Å². The third-order valence-electron chi connectivity index (χ3n) is 2.45. The van der Waals surface area contributed by atoms with Crippen molar-refractivity contribution in [2.24, 2.45) is 5.92 Å². The van der Waals surface area contributed by atoms with Gasteiger partial charge >= 0.3 is 5.97 Å². The average Bonchev–Trinajstić information content (AvgIpc) is 2.56. The number of carboxylic acids is 1. The summed E-state index contributed by atoms with van der Waals surface area (Å²) in [7, 11) is 0. The Morgan fingerprint density at radius 2 is 2.31 bits per heavy atom. The molecule has 1 aromatic rings. The van der Waals surface area contributed by atoms with Crippen LogP contribution in [0.5, 0.6) is 0 Å². The SMILES string of the molecule is Nc1nc(C(=O)N2CC(CC(=O)O)C2)cs1. The van der Waals surface area contributed by atoms with E-state index in [0.29, 0.717) is 23.9 Å². The summed E-state index contributed by atoms with van der Waals surface area (Å²) in [5.74, 6) is -0.929. The Morgan fingerprint density at radius 3 is 2.81 bits per heavy atom. The lowest BCUT2D eigenvalue weighted by Crippen LogP contribution is -2.50. The summed E-state index contributed by atoms with van der Waals surface area (Å²) in [6, 6.07) is 0. The summed E-state index contributed by atoms with van der Waals surface area (Å²) in [4.78, 5) is 27.6. The van der Waals surface area contributed by atoms with Gasteiger partial charge in [-0.25, -0.2) is 4.98 Å². The number of thiazole rings is 1. The molecule has 0 spiro atoms. The molecule has 1 aliphatic rings. The molecule has 0 atom stereocenters. The first-order valence-electron chi connectivity index (χ1n) is 4.78. The van der Waals surface area contributed by atoms with Gasteiger partial charge in [0.2, 0.25) is 0 Å². The second-order valence-electron chi connectivity index (χ2n) is 3.75. The Kier molecular flexibility index (Phi) is 2.78. The predicted molar refractivity (Wildman–Crippen MR) is 58.2 cm³/mol. The highest BCUT2D eigenvalue weighted by molar-refractivity contribution is 7.13. The van der Waals surface area contributed by atoms with Gasteiger partial charge in [-0.2, -0.15) is 0 Å². The van der Waals surface area contributed by atoms with E-state index in [-0.39, 0.29) is 18.2 Å². The number of nitrogens with two attached hydrogens (primary N) is 1. The predicted octanol–water partition coefficient (Wildman–Crippen LogP) is 0.272. The topological polar surface area (TPSA) is 96.5 Å². The van der Waals surface area contributed by atoms with Crippen LogP contribution >= 0.6 is 11.3 Å². The zero-order valence-corrected chi connectivity index (χ0v) is 9.24. The molecule has 0 bridgehead atoms. The second kappa shape index (κ2) is 4.09. The summed E-state index contributed by atoms with van der Waals surface area (Å²) in [5.41, 5.74) is 5.77. The first kappa shape index (κ1) is 10.9. The smallest absolute Gasteiger partial charge is 0.303 e. The van der Waals surface area contributed by atoms with Gasteiger partial charge < -0.3 is 15.7 Å². The van der Waals surface area contributed by atoms with Crippen molar-refractivity contribution in [3.05, 3.63) is 11.1 Å². The van der Waals surface area contributed by atoms with Crippen LogP contribution in [0.2, 0.25) is 0 Å². The zero-order chi connectivity index (χ0) is 11.7. The van der Waals surface area contributed by atoms with E-state index in [9.17, 15) is 9.59 Å². The summed E-state index contributed by atoms with van der Waals surface area (Å²) in [6.07, 6.45) is 0.114. The van der Waals surface area contributed by atoms with Gasteiger partial charge in [-0.05, 0) is 0 Å². The van der Waals surface area contributed by atoms with E-state index in [4.69, 9.17) is 10.8 Å². The van der Waals surface area contributed by atoms with E-state index in [1.807, 2.05) is 0 Å². The highest BCUT2D eigenvalue weighted by atomic mass is 32.1. The molecule has 7 heteroatoms. The van der Waals surface area contributed by atoms with Crippen LogP contribution in [0.15, 0.2) is 5.38 Å². The number of hydrogen-bond donors (Lipinski definition) is 2. The minimum atomic E-state index is -0.824. The molecule has 0 unspecified atom stereocenters. The maximum absolute atomic E-state index is 11.7. The number of amides is 1. The van der Waals surface area contributed by atoms with Gasteiger partial charge in [0.25, 0.3) is 5.91 Å². The van der Waals surface area contributed by atoms with E-state index in [2.05, 4.69) is 4.98 Å². The Morgan fingerprint density at radius 1 is 1.62 bits per heavy atom. The third kappa shape index (κ3) is 2.13. The van der Waals surface area contributed by atoms with Crippen molar-refractivity contribution in [2.75, 3.05) is 18.8 Å². The number of likely N-dealkylation sites (tertiary alicyclic amines) is 1. The summed E-state index contributed by atoms with van der Waals surface area (Å²) >= 11 is 1.22. The number of carbonyl (C=O) groups excluding carboxylic acids is 1. The van der Waals surface area contributed by atoms with Gasteiger partial charge in [0, 0.05) is 24.4 Å². The number of rotatable bonds is 3. The number of aromatic nitrogens is 1. The molecule has 1 amide bonds. The Hall–Kier alpha value is -1.63. The Balaban J connectivity index is 1.88. The van der Waals surface area contributed by atoms with Crippen LogP contribution in [-0.4, -0.2) is 40.0 Å². The number of anilines is 1. The van der Waals surface area contributed by atoms with E-state index in [1.54, 1.807) is 10.3 Å². The van der Waals surface area contributed by atoms with Crippen LogP contribution in [0.4, 0.5) is 5.13 Å². The van der Waals surface area contributed by atoms with Crippen LogP contribution in [0, 0.1) is 5.92 Å². The number of hydrogen-bond acceptors (Lipinski definition) is 5. The summed E-state index contributed by atoms with van der Waals surface area (Å²) < 4.78 is 0. The van der Waals surface area contributed by atoms with Crippen molar-refractivity contribution < 1.29 is 14.7 Å². The molecule has 3 N–H and O–H groups in total. The average molecular weight is 241 g/mol.